The van der Waals surface area contributed by atoms with Crippen molar-refractivity contribution in [3.63, 3.8) is 0 Å². The number of rotatable bonds is 0. The number of carbonyl (C=O) groups is 1. The van der Waals surface area contributed by atoms with Crippen molar-refractivity contribution >= 4 is 34.7 Å². The summed E-state index contributed by atoms with van der Waals surface area (Å²) in [6, 6.07) is 3.92. The second-order valence-electron chi connectivity index (χ2n) is 5.12. The number of benzene rings is 1. The Morgan fingerprint density at radius 1 is 1.16 bits per heavy atom. The minimum absolute atomic E-state index is 0.135. The maximum Gasteiger partial charge on any atom is 0.223 e. The molecule has 1 aliphatic heterocycles. The molecule has 2 aliphatic rings. The first-order valence-electron chi connectivity index (χ1n) is 6.56. The zero-order valence-electron chi connectivity index (χ0n) is 10.8. The summed E-state index contributed by atoms with van der Waals surface area (Å²) in [5.41, 5.74) is 4.89. The zero-order chi connectivity index (χ0) is 13.6. The van der Waals surface area contributed by atoms with E-state index in [2.05, 4.69) is 0 Å². The molecule has 0 bridgehead atoms. The van der Waals surface area contributed by atoms with E-state index in [9.17, 15) is 4.79 Å². The van der Waals surface area contributed by atoms with Crippen molar-refractivity contribution < 1.29 is 4.79 Å². The summed E-state index contributed by atoms with van der Waals surface area (Å²) in [6.07, 6.45) is 3.87. The average Bonchev–Trinajstić information content (AvgIpc) is 2.39. The number of fused-ring (bicyclic) bond motifs is 2. The van der Waals surface area contributed by atoms with Crippen LogP contribution in [0.15, 0.2) is 17.8 Å². The SMILES string of the molecule is CC(=O)N1CCCC2=C1CCc1cc(Cl)c(Cl)cc12. The van der Waals surface area contributed by atoms with Crippen molar-refractivity contribution in [3.05, 3.63) is 39.0 Å². The number of amides is 1. The lowest BCUT2D eigenvalue weighted by Gasteiger charge is -2.35. The highest BCUT2D eigenvalue weighted by atomic mass is 35.5. The first kappa shape index (κ1) is 13.0. The van der Waals surface area contributed by atoms with Gasteiger partial charge >= 0.3 is 0 Å². The van der Waals surface area contributed by atoms with E-state index in [1.165, 1.54) is 22.4 Å². The fourth-order valence-electron chi connectivity index (χ4n) is 3.11. The van der Waals surface area contributed by atoms with Crippen molar-refractivity contribution in [2.75, 3.05) is 6.54 Å². The third-order valence-electron chi connectivity index (χ3n) is 3.97. The van der Waals surface area contributed by atoms with E-state index in [0.29, 0.717) is 10.0 Å². The van der Waals surface area contributed by atoms with E-state index in [1.807, 2.05) is 17.0 Å². The van der Waals surface area contributed by atoms with E-state index in [4.69, 9.17) is 23.2 Å². The third kappa shape index (κ3) is 2.17. The molecule has 3 rings (SSSR count). The Kier molecular flexibility index (Phi) is 3.32. The minimum Gasteiger partial charge on any atom is -0.316 e. The molecule has 0 aromatic heterocycles. The smallest absolute Gasteiger partial charge is 0.223 e. The number of aryl methyl sites for hydroxylation is 1. The highest BCUT2D eigenvalue weighted by Crippen LogP contribution is 2.41. The van der Waals surface area contributed by atoms with E-state index < -0.39 is 0 Å². The van der Waals surface area contributed by atoms with Gasteiger partial charge in [-0.2, -0.15) is 0 Å². The molecule has 100 valence electrons. The van der Waals surface area contributed by atoms with Crippen LogP contribution in [0.25, 0.3) is 5.57 Å². The molecule has 0 saturated heterocycles. The summed E-state index contributed by atoms with van der Waals surface area (Å²) < 4.78 is 0. The van der Waals surface area contributed by atoms with Crippen molar-refractivity contribution in [3.8, 4) is 0 Å². The average molecular weight is 296 g/mol. The third-order valence-corrected chi connectivity index (χ3v) is 4.69. The first-order chi connectivity index (χ1) is 9.08. The van der Waals surface area contributed by atoms with Crippen LogP contribution in [0.3, 0.4) is 0 Å². The fourth-order valence-corrected chi connectivity index (χ4v) is 3.46. The molecule has 0 N–H and O–H groups in total. The molecule has 0 spiro atoms. The molecule has 1 aromatic rings. The Hall–Kier alpha value is -0.990. The van der Waals surface area contributed by atoms with Crippen LogP contribution in [-0.4, -0.2) is 17.4 Å². The van der Waals surface area contributed by atoms with Gasteiger partial charge in [0.15, 0.2) is 0 Å². The Morgan fingerprint density at radius 3 is 2.63 bits per heavy atom. The number of hydrogen-bond acceptors (Lipinski definition) is 1. The zero-order valence-corrected chi connectivity index (χ0v) is 12.3. The molecule has 1 heterocycles. The normalized spacial score (nSPS) is 18.2. The summed E-state index contributed by atoms with van der Waals surface area (Å²) >= 11 is 12.2. The molecule has 0 atom stereocenters. The van der Waals surface area contributed by atoms with Crippen molar-refractivity contribution in [1.29, 1.82) is 0 Å². The molecule has 0 radical (unpaired) electrons. The summed E-state index contributed by atoms with van der Waals surface area (Å²) in [5, 5.41) is 1.21. The van der Waals surface area contributed by atoms with Crippen molar-refractivity contribution in [2.45, 2.75) is 32.6 Å². The van der Waals surface area contributed by atoms with Gasteiger partial charge in [0.1, 0.15) is 0 Å². The van der Waals surface area contributed by atoms with Gasteiger partial charge in [0, 0.05) is 19.2 Å². The van der Waals surface area contributed by atoms with Gasteiger partial charge in [0.2, 0.25) is 5.91 Å². The van der Waals surface area contributed by atoms with Crippen LogP contribution in [0.4, 0.5) is 0 Å². The largest absolute Gasteiger partial charge is 0.316 e. The monoisotopic (exact) mass is 295 g/mol. The lowest BCUT2D eigenvalue weighted by molar-refractivity contribution is -0.127. The molecule has 1 aromatic carbocycles. The summed E-state index contributed by atoms with van der Waals surface area (Å²) in [6.45, 7) is 2.48. The molecule has 1 aliphatic carbocycles. The molecule has 4 heteroatoms. The van der Waals surface area contributed by atoms with Gasteiger partial charge < -0.3 is 4.90 Å². The van der Waals surface area contributed by atoms with Crippen LogP contribution in [0.1, 0.15) is 37.3 Å². The van der Waals surface area contributed by atoms with Crippen LogP contribution in [0.5, 0.6) is 0 Å². The predicted octanol–water partition coefficient (Wildman–Crippen LogP) is 4.29. The molecule has 1 amide bonds. The molecule has 0 unspecified atom stereocenters. The maximum atomic E-state index is 11.7. The van der Waals surface area contributed by atoms with Crippen LogP contribution in [-0.2, 0) is 11.2 Å². The van der Waals surface area contributed by atoms with Gasteiger partial charge in [-0.25, -0.2) is 0 Å². The Morgan fingerprint density at radius 2 is 1.89 bits per heavy atom. The van der Waals surface area contributed by atoms with E-state index >= 15 is 0 Å². The van der Waals surface area contributed by atoms with Crippen molar-refractivity contribution in [1.82, 2.24) is 4.90 Å². The lowest BCUT2D eigenvalue weighted by atomic mass is 9.84. The molecule has 19 heavy (non-hydrogen) atoms. The molecule has 0 fully saturated rings. The van der Waals surface area contributed by atoms with Crippen LogP contribution >= 0.6 is 23.2 Å². The van der Waals surface area contributed by atoms with E-state index in [1.54, 1.807) is 6.92 Å². The highest BCUT2D eigenvalue weighted by Gasteiger charge is 2.28. The lowest BCUT2D eigenvalue weighted by Crippen LogP contribution is -2.34. The summed E-state index contributed by atoms with van der Waals surface area (Å²) in [5.74, 6) is 0.135. The van der Waals surface area contributed by atoms with Gasteiger partial charge in [-0.05, 0) is 54.5 Å². The number of allylic oxidation sites excluding steroid dienone is 2. The van der Waals surface area contributed by atoms with Crippen LogP contribution in [0, 0.1) is 0 Å². The standard InChI is InChI=1S/C15H15Cl2NO/c1-9(19)18-6-2-3-11-12-8-14(17)13(16)7-10(12)4-5-15(11)18/h7-8H,2-6H2,1H3. The molecule has 2 nitrogen and oxygen atoms in total. The van der Waals surface area contributed by atoms with Gasteiger partial charge in [0.05, 0.1) is 10.0 Å². The second kappa shape index (κ2) is 4.84. The topological polar surface area (TPSA) is 20.3 Å². The van der Waals surface area contributed by atoms with Gasteiger partial charge in [0.25, 0.3) is 0 Å². The first-order valence-corrected chi connectivity index (χ1v) is 7.32. The second-order valence-corrected chi connectivity index (χ2v) is 5.94. The number of nitrogens with zero attached hydrogens (tertiary/aromatic N) is 1. The number of hydrogen-bond donors (Lipinski definition) is 0. The predicted molar refractivity (Wildman–Crippen MR) is 78.3 cm³/mol. The van der Waals surface area contributed by atoms with Gasteiger partial charge in [-0.1, -0.05) is 23.2 Å². The Bertz CT molecular complexity index is 592. The minimum atomic E-state index is 0.135. The van der Waals surface area contributed by atoms with Crippen LogP contribution in [0.2, 0.25) is 10.0 Å². The van der Waals surface area contributed by atoms with Gasteiger partial charge in [-0.15, -0.1) is 0 Å². The Balaban J connectivity index is 2.14. The number of halogens is 2. The summed E-state index contributed by atoms with van der Waals surface area (Å²) in [4.78, 5) is 13.7. The Labute approximate surface area is 123 Å². The highest BCUT2D eigenvalue weighted by molar-refractivity contribution is 6.42. The molecular weight excluding hydrogens is 281 g/mol. The summed E-state index contributed by atoms with van der Waals surface area (Å²) in [7, 11) is 0. The fraction of sp³-hybridized carbons (Fsp3) is 0.400. The van der Waals surface area contributed by atoms with E-state index in [-0.39, 0.29) is 5.91 Å². The number of carbonyl (C=O) groups excluding carboxylic acids is 1. The molecular formula is C15H15Cl2NO. The van der Waals surface area contributed by atoms with Gasteiger partial charge in [-0.3, -0.25) is 4.79 Å². The van der Waals surface area contributed by atoms with Crippen LogP contribution < -0.4 is 0 Å². The maximum absolute atomic E-state index is 11.7. The van der Waals surface area contributed by atoms with E-state index in [0.717, 1.165) is 32.2 Å². The quantitative estimate of drug-likeness (QED) is 0.699. The van der Waals surface area contributed by atoms with Crippen molar-refractivity contribution in [2.24, 2.45) is 0 Å². The molecule has 0 saturated carbocycles.